The molecule has 0 aliphatic carbocycles. The summed E-state index contributed by atoms with van der Waals surface area (Å²) in [5.74, 6) is -0.444. The normalized spacial score (nSPS) is 10.4. The fourth-order valence-electron chi connectivity index (χ4n) is 1.50. The van der Waals surface area contributed by atoms with Crippen LogP contribution in [-0.4, -0.2) is 38.8 Å². The first-order chi connectivity index (χ1) is 10.5. The molecule has 0 fully saturated rings. The Bertz CT molecular complexity index is 575. The lowest BCUT2D eigenvalue weighted by Crippen LogP contribution is -2.38. The zero-order valence-corrected chi connectivity index (χ0v) is 14.2. The van der Waals surface area contributed by atoms with Crippen LogP contribution in [0.4, 0.5) is 0 Å². The fraction of sp³-hybridized carbons (Fsp3) is 0.357. The molecule has 22 heavy (non-hydrogen) atoms. The minimum atomic E-state index is -0.818. The van der Waals surface area contributed by atoms with Crippen molar-refractivity contribution in [3.8, 4) is 11.5 Å². The number of methoxy groups -OCH3 is 2. The van der Waals surface area contributed by atoms with Crippen LogP contribution in [0.3, 0.4) is 0 Å². The first-order valence-corrected chi connectivity index (χ1v) is 7.35. The van der Waals surface area contributed by atoms with Gasteiger partial charge in [0.25, 0.3) is 0 Å². The van der Waals surface area contributed by atoms with Crippen LogP contribution in [0.15, 0.2) is 21.7 Å². The molecule has 0 saturated carbocycles. The number of benzene rings is 1. The number of amides is 2. The molecule has 0 aliphatic rings. The van der Waals surface area contributed by atoms with Crippen molar-refractivity contribution in [3.05, 3.63) is 22.2 Å². The second-order valence-corrected chi connectivity index (χ2v) is 5.04. The molecule has 0 spiro atoms. The molecule has 8 heteroatoms. The Hall–Kier alpha value is -2.09. The summed E-state index contributed by atoms with van der Waals surface area (Å²) >= 11 is 3.36. The maximum atomic E-state index is 11.5. The molecule has 1 aromatic rings. The summed E-state index contributed by atoms with van der Waals surface area (Å²) in [4.78, 5) is 22.8. The van der Waals surface area contributed by atoms with Gasteiger partial charge in [0.05, 0.1) is 20.4 Å². The van der Waals surface area contributed by atoms with Gasteiger partial charge in [0, 0.05) is 16.6 Å². The topological polar surface area (TPSA) is 89.0 Å². The van der Waals surface area contributed by atoms with Crippen LogP contribution < -0.4 is 20.2 Å². The second-order valence-electron chi connectivity index (χ2n) is 4.18. The highest BCUT2D eigenvalue weighted by molar-refractivity contribution is 9.10. The number of rotatable bonds is 6. The van der Waals surface area contributed by atoms with E-state index in [0.29, 0.717) is 28.1 Å². The average Bonchev–Trinajstić information content (AvgIpc) is 2.53. The average molecular weight is 372 g/mol. The van der Waals surface area contributed by atoms with Crippen LogP contribution >= 0.6 is 15.9 Å². The highest BCUT2D eigenvalue weighted by Gasteiger charge is 2.11. The van der Waals surface area contributed by atoms with Crippen LogP contribution in [-0.2, 0) is 9.59 Å². The number of hydrazone groups is 1. The smallest absolute Gasteiger partial charge is 0.329 e. The van der Waals surface area contributed by atoms with Crippen LogP contribution in [0.5, 0.6) is 11.5 Å². The summed E-state index contributed by atoms with van der Waals surface area (Å²) in [5, 5.41) is 6.21. The van der Waals surface area contributed by atoms with Gasteiger partial charge in [-0.3, -0.25) is 9.59 Å². The number of halogens is 1. The van der Waals surface area contributed by atoms with Crippen molar-refractivity contribution in [3.63, 3.8) is 0 Å². The molecule has 0 bridgehead atoms. The van der Waals surface area contributed by atoms with Gasteiger partial charge in [0.15, 0.2) is 11.5 Å². The molecule has 0 radical (unpaired) electrons. The van der Waals surface area contributed by atoms with Crippen molar-refractivity contribution in [2.45, 2.75) is 13.3 Å². The van der Waals surface area contributed by atoms with Gasteiger partial charge < -0.3 is 14.8 Å². The van der Waals surface area contributed by atoms with Crippen LogP contribution in [0.25, 0.3) is 0 Å². The number of nitrogens with one attached hydrogen (secondary N) is 2. The highest BCUT2D eigenvalue weighted by Crippen LogP contribution is 2.32. The summed E-state index contributed by atoms with van der Waals surface area (Å²) in [6, 6.07) is 3.41. The molecule has 0 atom stereocenters. The van der Waals surface area contributed by atoms with E-state index in [2.05, 4.69) is 31.8 Å². The summed E-state index contributed by atoms with van der Waals surface area (Å²) in [6.07, 6.45) is 2.15. The Labute approximate surface area is 137 Å². The number of carbonyl (C=O) groups is 2. The van der Waals surface area contributed by atoms with E-state index in [1.807, 2.05) is 6.92 Å². The van der Waals surface area contributed by atoms with E-state index in [4.69, 9.17) is 9.47 Å². The van der Waals surface area contributed by atoms with Crippen LogP contribution in [0, 0.1) is 0 Å². The Morgan fingerprint density at radius 2 is 1.86 bits per heavy atom. The van der Waals surface area contributed by atoms with Gasteiger partial charge in [-0.05, 0) is 34.5 Å². The van der Waals surface area contributed by atoms with Gasteiger partial charge in [-0.2, -0.15) is 5.10 Å². The van der Waals surface area contributed by atoms with E-state index in [1.165, 1.54) is 20.4 Å². The summed E-state index contributed by atoms with van der Waals surface area (Å²) in [5.41, 5.74) is 2.82. The number of carbonyl (C=O) groups excluding carboxylic acids is 2. The van der Waals surface area contributed by atoms with Gasteiger partial charge >= 0.3 is 11.8 Å². The molecular formula is C14H18BrN3O4. The van der Waals surface area contributed by atoms with E-state index in [0.717, 1.165) is 6.42 Å². The lowest BCUT2D eigenvalue weighted by atomic mass is 10.2. The first kappa shape index (κ1) is 18.0. The van der Waals surface area contributed by atoms with Gasteiger partial charge in [0.2, 0.25) is 0 Å². The van der Waals surface area contributed by atoms with Crippen molar-refractivity contribution in [1.29, 1.82) is 0 Å². The third kappa shape index (κ3) is 5.03. The minimum Gasteiger partial charge on any atom is -0.493 e. The summed E-state index contributed by atoms with van der Waals surface area (Å²) in [6.45, 7) is 2.34. The Morgan fingerprint density at radius 1 is 1.23 bits per heavy atom. The Morgan fingerprint density at radius 3 is 2.45 bits per heavy atom. The van der Waals surface area contributed by atoms with Gasteiger partial charge in [-0.1, -0.05) is 6.92 Å². The predicted molar refractivity (Wildman–Crippen MR) is 86.3 cm³/mol. The maximum Gasteiger partial charge on any atom is 0.329 e. The van der Waals surface area contributed by atoms with Crippen molar-refractivity contribution in [2.75, 3.05) is 20.8 Å². The SMILES string of the molecule is CCCNC(=O)C(=O)N/N=C\c1cc(OC)c(OC)cc1Br. The lowest BCUT2D eigenvalue weighted by molar-refractivity contribution is -0.139. The molecule has 0 saturated heterocycles. The Balaban J connectivity index is 2.74. The van der Waals surface area contributed by atoms with Crippen LogP contribution in [0.2, 0.25) is 0 Å². The number of hydrogen-bond acceptors (Lipinski definition) is 5. The second kappa shape index (κ2) is 9.04. The van der Waals surface area contributed by atoms with Crippen LogP contribution in [0.1, 0.15) is 18.9 Å². The predicted octanol–water partition coefficient (Wildman–Crippen LogP) is 1.44. The molecule has 1 rings (SSSR count). The maximum absolute atomic E-state index is 11.5. The molecule has 2 N–H and O–H groups in total. The van der Waals surface area contributed by atoms with Gasteiger partial charge in [-0.25, -0.2) is 5.43 Å². The van der Waals surface area contributed by atoms with E-state index >= 15 is 0 Å². The van der Waals surface area contributed by atoms with Crippen molar-refractivity contribution >= 4 is 34.0 Å². The minimum absolute atomic E-state index is 0.442. The van der Waals surface area contributed by atoms with Crippen molar-refractivity contribution in [1.82, 2.24) is 10.7 Å². The lowest BCUT2D eigenvalue weighted by Gasteiger charge is -2.09. The fourth-order valence-corrected chi connectivity index (χ4v) is 1.92. The standard InChI is InChI=1S/C14H18BrN3O4/c1-4-5-16-13(19)14(20)18-17-8-9-6-11(21-2)12(22-3)7-10(9)15/h6-8H,4-5H2,1-3H3,(H,16,19)(H,18,20)/b17-8-. The molecular weight excluding hydrogens is 354 g/mol. The summed E-state index contributed by atoms with van der Waals surface area (Å²) in [7, 11) is 3.06. The third-order valence-electron chi connectivity index (χ3n) is 2.61. The molecule has 0 aromatic heterocycles. The van der Waals surface area contributed by atoms with E-state index in [-0.39, 0.29) is 0 Å². The zero-order valence-electron chi connectivity index (χ0n) is 12.6. The van der Waals surface area contributed by atoms with Gasteiger partial charge in [-0.15, -0.1) is 0 Å². The molecule has 120 valence electrons. The quantitative estimate of drug-likeness (QED) is 0.449. The third-order valence-corrected chi connectivity index (χ3v) is 3.30. The Kier molecular flexibility index (Phi) is 7.38. The highest BCUT2D eigenvalue weighted by atomic mass is 79.9. The first-order valence-electron chi connectivity index (χ1n) is 6.56. The molecule has 7 nitrogen and oxygen atoms in total. The van der Waals surface area contributed by atoms with Crippen molar-refractivity contribution in [2.24, 2.45) is 5.10 Å². The molecule has 2 amide bonds. The number of ether oxygens (including phenoxy) is 2. The van der Waals surface area contributed by atoms with E-state index < -0.39 is 11.8 Å². The molecule has 0 aliphatic heterocycles. The largest absolute Gasteiger partial charge is 0.493 e. The van der Waals surface area contributed by atoms with Gasteiger partial charge in [0.1, 0.15) is 0 Å². The molecule has 0 unspecified atom stereocenters. The van der Waals surface area contributed by atoms with E-state index in [1.54, 1.807) is 12.1 Å². The van der Waals surface area contributed by atoms with E-state index in [9.17, 15) is 9.59 Å². The molecule has 0 heterocycles. The zero-order chi connectivity index (χ0) is 16.5. The number of hydrogen-bond donors (Lipinski definition) is 2. The number of nitrogens with zero attached hydrogens (tertiary/aromatic N) is 1. The van der Waals surface area contributed by atoms with Crippen molar-refractivity contribution < 1.29 is 19.1 Å². The monoisotopic (exact) mass is 371 g/mol. The molecule has 1 aromatic carbocycles. The summed E-state index contributed by atoms with van der Waals surface area (Å²) < 4.78 is 11.1.